The molecule has 2 aliphatic rings. The molecule has 0 aromatic carbocycles. The average molecular weight is 240 g/mol. The zero-order valence-corrected chi connectivity index (χ0v) is 10.2. The van der Waals surface area contributed by atoms with Crippen molar-refractivity contribution >= 4 is 11.9 Å². The topological polar surface area (TPSA) is 69.6 Å². The van der Waals surface area contributed by atoms with Gasteiger partial charge in [-0.1, -0.05) is 6.92 Å². The van der Waals surface area contributed by atoms with Crippen LogP contribution in [-0.2, 0) is 9.59 Å². The summed E-state index contributed by atoms with van der Waals surface area (Å²) in [5.41, 5.74) is -0.363. The van der Waals surface area contributed by atoms with Crippen LogP contribution in [-0.4, -0.2) is 47.6 Å². The zero-order valence-electron chi connectivity index (χ0n) is 10.2. The number of hydrogen-bond acceptors (Lipinski definition) is 3. The second-order valence-corrected chi connectivity index (χ2v) is 5.06. The van der Waals surface area contributed by atoms with E-state index in [1.165, 1.54) is 0 Å². The largest absolute Gasteiger partial charge is 0.480 e. The number of carbonyl (C=O) groups excluding carboxylic acids is 1. The molecular weight excluding hydrogens is 220 g/mol. The Bertz CT molecular complexity index is 324. The quantitative estimate of drug-likeness (QED) is 0.751. The molecule has 0 radical (unpaired) electrons. The minimum Gasteiger partial charge on any atom is -0.480 e. The predicted molar refractivity (Wildman–Crippen MR) is 62.6 cm³/mol. The van der Waals surface area contributed by atoms with Gasteiger partial charge in [-0.05, 0) is 32.2 Å². The Morgan fingerprint density at radius 1 is 1.53 bits per heavy atom. The molecule has 5 heteroatoms. The van der Waals surface area contributed by atoms with Crippen LogP contribution < -0.4 is 5.32 Å². The van der Waals surface area contributed by atoms with Crippen molar-refractivity contribution in [1.82, 2.24) is 10.2 Å². The van der Waals surface area contributed by atoms with Crippen molar-refractivity contribution in [3.05, 3.63) is 0 Å². The number of hydrogen-bond donors (Lipinski definition) is 2. The molecule has 0 aromatic heterocycles. The Morgan fingerprint density at radius 3 is 2.82 bits per heavy atom. The molecule has 0 aliphatic carbocycles. The zero-order chi connectivity index (χ0) is 12.5. The van der Waals surface area contributed by atoms with Crippen LogP contribution in [0.15, 0.2) is 0 Å². The number of aliphatic carboxylic acids is 1. The van der Waals surface area contributed by atoms with E-state index in [9.17, 15) is 9.59 Å². The number of carboxylic acids is 1. The highest BCUT2D eigenvalue weighted by Crippen LogP contribution is 2.34. The smallest absolute Gasteiger partial charge is 0.326 e. The van der Waals surface area contributed by atoms with E-state index in [1.54, 1.807) is 4.90 Å². The Kier molecular flexibility index (Phi) is 3.38. The van der Waals surface area contributed by atoms with Crippen molar-refractivity contribution in [2.24, 2.45) is 5.41 Å². The van der Waals surface area contributed by atoms with Gasteiger partial charge in [0.25, 0.3) is 0 Å². The lowest BCUT2D eigenvalue weighted by Gasteiger charge is -2.32. The summed E-state index contributed by atoms with van der Waals surface area (Å²) in [5, 5.41) is 12.3. The molecule has 2 heterocycles. The summed E-state index contributed by atoms with van der Waals surface area (Å²) in [5.74, 6) is -0.831. The van der Waals surface area contributed by atoms with Crippen LogP contribution >= 0.6 is 0 Å². The van der Waals surface area contributed by atoms with Crippen molar-refractivity contribution < 1.29 is 14.7 Å². The third-order valence-corrected chi connectivity index (χ3v) is 4.17. The molecule has 17 heavy (non-hydrogen) atoms. The normalized spacial score (nSPS) is 33.0. The average Bonchev–Trinajstić information content (AvgIpc) is 2.98. The second-order valence-electron chi connectivity index (χ2n) is 5.06. The number of carboxylic acid groups (broad SMARTS) is 1. The third kappa shape index (κ3) is 2.04. The summed E-state index contributed by atoms with van der Waals surface area (Å²) < 4.78 is 0. The molecule has 0 spiro atoms. The minimum atomic E-state index is -0.868. The number of rotatable bonds is 3. The Balaban J connectivity index is 2.15. The molecule has 2 atom stereocenters. The molecule has 2 N–H and O–H groups in total. The van der Waals surface area contributed by atoms with Gasteiger partial charge in [-0.2, -0.15) is 0 Å². The highest BCUT2D eigenvalue weighted by atomic mass is 16.4. The second kappa shape index (κ2) is 4.64. The summed E-state index contributed by atoms with van der Waals surface area (Å²) >= 11 is 0. The molecular formula is C12H20N2O3. The lowest BCUT2D eigenvalue weighted by atomic mass is 9.82. The summed E-state index contributed by atoms with van der Waals surface area (Å²) in [6.45, 7) is 4.14. The number of likely N-dealkylation sites (tertiary alicyclic amines) is 1. The van der Waals surface area contributed by atoms with Gasteiger partial charge in [0.2, 0.25) is 5.91 Å². The van der Waals surface area contributed by atoms with E-state index >= 15 is 0 Å². The number of nitrogens with zero attached hydrogens (tertiary/aromatic N) is 1. The van der Waals surface area contributed by atoms with Gasteiger partial charge in [0.1, 0.15) is 6.04 Å². The van der Waals surface area contributed by atoms with Gasteiger partial charge in [-0.3, -0.25) is 4.79 Å². The van der Waals surface area contributed by atoms with Crippen LogP contribution in [0.1, 0.15) is 32.6 Å². The van der Waals surface area contributed by atoms with Crippen LogP contribution in [0.25, 0.3) is 0 Å². The predicted octanol–water partition coefficient (Wildman–Crippen LogP) is 0.452. The monoisotopic (exact) mass is 240 g/mol. The van der Waals surface area contributed by atoms with E-state index in [-0.39, 0.29) is 11.3 Å². The maximum atomic E-state index is 12.5. The lowest BCUT2D eigenvalue weighted by molar-refractivity contribution is -0.152. The van der Waals surface area contributed by atoms with Gasteiger partial charge in [-0.15, -0.1) is 0 Å². The first-order valence-corrected chi connectivity index (χ1v) is 6.35. The van der Waals surface area contributed by atoms with Crippen LogP contribution in [0.4, 0.5) is 0 Å². The summed E-state index contributed by atoms with van der Waals surface area (Å²) in [7, 11) is 0. The molecule has 2 unspecified atom stereocenters. The highest BCUT2D eigenvalue weighted by Gasteiger charge is 2.46. The number of carbonyl (C=O) groups is 2. The Labute approximate surface area is 101 Å². The molecule has 1 amide bonds. The minimum absolute atomic E-state index is 0.0369. The SMILES string of the molecule is CCC1(C(=O)N2CCCC2C(=O)O)CCNC1. The van der Waals surface area contributed by atoms with E-state index in [2.05, 4.69) is 5.32 Å². The molecule has 5 nitrogen and oxygen atoms in total. The van der Waals surface area contributed by atoms with E-state index in [1.807, 2.05) is 6.92 Å². The highest BCUT2D eigenvalue weighted by molar-refractivity contribution is 5.88. The van der Waals surface area contributed by atoms with Crippen molar-refractivity contribution in [2.45, 2.75) is 38.6 Å². The van der Waals surface area contributed by atoms with Gasteiger partial charge in [0.05, 0.1) is 5.41 Å². The first-order valence-electron chi connectivity index (χ1n) is 6.35. The third-order valence-electron chi connectivity index (χ3n) is 4.17. The van der Waals surface area contributed by atoms with E-state index in [0.29, 0.717) is 19.5 Å². The molecule has 2 fully saturated rings. The van der Waals surface area contributed by atoms with E-state index < -0.39 is 12.0 Å². The van der Waals surface area contributed by atoms with Crippen molar-refractivity contribution in [1.29, 1.82) is 0 Å². The van der Waals surface area contributed by atoms with Crippen LogP contribution in [0.3, 0.4) is 0 Å². The molecule has 0 saturated carbocycles. The molecule has 2 saturated heterocycles. The van der Waals surface area contributed by atoms with Crippen LogP contribution in [0, 0.1) is 5.41 Å². The standard InChI is InChI=1S/C12H20N2O3/c1-2-12(5-6-13-8-12)11(17)14-7-3-4-9(14)10(15)16/h9,13H,2-8H2,1H3,(H,15,16). The number of nitrogens with one attached hydrogen (secondary N) is 1. The fourth-order valence-corrected chi connectivity index (χ4v) is 2.95. The summed E-state index contributed by atoms with van der Waals surface area (Å²) in [6, 6.07) is -0.605. The molecule has 0 bridgehead atoms. The maximum Gasteiger partial charge on any atom is 0.326 e. The molecule has 2 aliphatic heterocycles. The first kappa shape index (κ1) is 12.4. The molecule has 2 rings (SSSR count). The summed E-state index contributed by atoms with van der Waals surface area (Å²) in [4.78, 5) is 25.2. The van der Waals surface area contributed by atoms with E-state index in [4.69, 9.17) is 5.11 Å². The van der Waals surface area contributed by atoms with Gasteiger partial charge in [0.15, 0.2) is 0 Å². The van der Waals surface area contributed by atoms with E-state index in [0.717, 1.165) is 25.8 Å². The Morgan fingerprint density at radius 2 is 2.29 bits per heavy atom. The molecule has 96 valence electrons. The van der Waals surface area contributed by atoms with Gasteiger partial charge < -0.3 is 15.3 Å². The summed E-state index contributed by atoms with van der Waals surface area (Å²) in [6.07, 6.45) is 3.00. The van der Waals surface area contributed by atoms with Gasteiger partial charge >= 0.3 is 5.97 Å². The van der Waals surface area contributed by atoms with Crippen LogP contribution in [0.5, 0.6) is 0 Å². The van der Waals surface area contributed by atoms with Crippen LogP contribution in [0.2, 0.25) is 0 Å². The fraction of sp³-hybridized carbons (Fsp3) is 0.833. The fourth-order valence-electron chi connectivity index (χ4n) is 2.95. The first-order chi connectivity index (χ1) is 8.10. The van der Waals surface area contributed by atoms with Crippen molar-refractivity contribution in [3.8, 4) is 0 Å². The maximum absolute atomic E-state index is 12.5. The molecule has 0 aromatic rings. The van der Waals surface area contributed by atoms with Crippen molar-refractivity contribution in [3.63, 3.8) is 0 Å². The van der Waals surface area contributed by atoms with Gasteiger partial charge in [-0.25, -0.2) is 4.79 Å². The number of amides is 1. The Hall–Kier alpha value is -1.10. The lowest BCUT2D eigenvalue weighted by Crippen LogP contribution is -2.49. The van der Waals surface area contributed by atoms with Crippen molar-refractivity contribution in [2.75, 3.05) is 19.6 Å². The van der Waals surface area contributed by atoms with Gasteiger partial charge in [0, 0.05) is 13.1 Å².